The van der Waals surface area contributed by atoms with Crippen LogP contribution in [0.2, 0.25) is 5.02 Å². The van der Waals surface area contributed by atoms with E-state index >= 15 is 0 Å². The first-order valence-corrected chi connectivity index (χ1v) is 8.41. The van der Waals surface area contributed by atoms with Crippen LogP contribution in [0, 0.1) is 0 Å². The first kappa shape index (κ1) is 14.8. The standard InChI is InChI=1S/C14H21ClN2OS/c1-17-8-3-2-4-12(17)7-9-19(18)14-6-5-11(15)10-13(14)16/h5-6,10,12H,2-4,7-9,16H2,1H3. The fourth-order valence-electron chi connectivity index (χ4n) is 2.59. The van der Waals surface area contributed by atoms with Gasteiger partial charge in [0.15, 0.2) is 0 Å². The largest absolute Gasteiger partial charge is 0.398 e. The minimum absolute atomic E-state index is 0.530. The predicted octanol–water partition coefficient (Wildman–Crippen LogP) is 2.90. The number of rotatable bonds is 4. The fraction of sp³-hybridized carbons (Fsp3) is 0.571. The van der Waals surface area contributed by atoms with Gasteiger partial charge in [-0.1, -0.05) is 18.0 Å². The molecule has 5 heteroatoms. The molecular weight excluding hydrogens is 280 g/mol. The van der Waals surface area contributed by atoms with Crippen LogP contribution in [0.3, 0.4) is 0 Å². The zero-order chi connectivity index (χ0) is 13.8. The van der Waals surface area contributed by atoms with Crippen LogP contribution >= 0.6 is 11.6 Å². The number of piperidine rings is 1. The van der Waals surface area contributed by atoms with Crippen LogP contribution in [0.4, 0.5) is 5.69 Å². The van der Waals surface area contributed by atoms with E-state index < -0.39 is 10.8 Å². The fourth-order valence-corrected chi connectivity index (χ4v) is 4.02. The lowest BCUT2D eigenvalue weighted by molar-refractivity contribution is 0.182. The number of halogens is 1. The van der Waals surface area contributed by atoms with Crippen molar-refractivity contribution < 1.29 is 4.21 Å². The summed E-state index contributed by atoms with van der Waals surface area (Å²) in [6, 6.07) is 5.75. The van der Waals surface area contributed by atoms with Crippen molar-refractivity contribution in [2.45, 2.75) is 36.6 Å². The summed E-state index contributed by atoms with van der Waals surface area (Å²) in [4.78, 5) is 3.09. The molecule has 0 aliphatic carbocycles. The average Bonchev–Trinajstić information content (AvgIpc) is 2.37. The molecule has 2 atom stereocenters. The maximum atomic E-state index is 12.3. The van der Waals surface area contributed by atoms with Gasteiger partial charge in [0.1, 0.15) is 0 Å². The molecule has 0 saturated carbocycles. The molecule has 2 rings (SSSR count). The van der Waals surface area contributed by atoms with E-state index in [0.29, 0.717) is 27.4 Å². The number of nitrogen functional groups attached to an aromatic ring is 1. The van der Waals surface area contributed by atoms with E-state index in [9.17, 15) is 4.21 Å². The smallest absolute Gasteiger partial charge is 0.0618 e. The first-order chi connectivity index (χ1) is 9.08. The Kier molecular flexibility index (Phi) is 5.25. The summed E-state index contributed by atoms with van der Waals surface area (Å²) in [5.41, 5.74) is 6.40. The molecular formula is C14H21ClN2OS. The Balaban J connectivity index is 1.93. The minimum atomic E-state index is -1.03. The number of benzene rings is 1. The van der Waals surface area contributed by atoms with Crippen molar-refractivity contribution in [3.8, 4) is 0 Å². The Hall–Kier alpha value is -0.580. The number of hydrogen-bond donors (Lipinski definition) is 1. The normalized spacial score (nSPS) is 22.3. The Morgan fingerprint density at radius 3 is 2.95 bits per heavy atom. The van der Waals surface area contributed by atoms with E-state index in [2.05, 4.69) is 11.9 Å². The maximum Gasteiger partial charge on any atom is 0.0618 e. The molecule has 0 radical (unpaired) electrons. The number of nitrogens with zero attached hydrogens (tertiary/aromatic N) is 1. The molecule has 1 fully saturated rings. The van der Waals surface area contributed by atoms with Crippen LogP contribution in [0.5, 0.6) is 0 Å². The van der Waals surface area contributed by atoms with Gasteiger partial charge in [0.2, 0.25) is 0 Å². The molecule has 0 amide bonds. The molecule has 2 N–H and O–H groups in total. The number of anilines is 1. The van der Waals surface area contributed by atoms with Crippen LogP contribution < -0.4 is 5.73 Å². The molecule has 106 valence electrons. The molecule has 1 saturated heterocycles. The van der Waals surface area contributed by atoms with Crippen molar-refractivity contribution >= 4 is 28.1 Å². The van der Waals surface area contributed by atoms with Crippen molar-refractivity contribution in [2.24, 2.45) is 0 Å². The molecule has 2 unspecified atom stereocenters. The molecule has 0 bridgehead atoms. The van der Waals surface area contributed by atoms with Gasteiger partial charge in [-0.3, -0.25) is 4.21 Å². The van der Waals surface area contributed by atoms with Crippen LogP contribution in [0.25, 0.3) is 0 Å². The van der Waals surface area contributed by atoms with Gasteiger partial charge < -0.3 is 10.6 Å². The number of hydrogen-bond acceptors (Lipinski definition) is 3. The maximum absolute atomic E-state index is 12.3. The quantitative estimate of drug-likeness (QED) is 0.870. The van der Waals surface area contributed by atoms with Crippen molar-refractivity contribution in [3.63, 3.8) is 0 Å². The lowest BCUT2D eigenvalue weighted by Crippen LogP contribution is -2.37. The molecule has 1 aliphatic heterocycles. The molecule has 19 heavy (non-hydrogen) atoms. The van der Waals surface area contributed by atoms with Crippen LogP contribution in [0.1, 0.15) is 25.7 Å². The third-order valence-corrected chi connectivity index (χ3v) is 5.48. The Morgan fingerprint density at radius 2 is 2.26 bits per heavy atom. The van der Waals surface area contributed by atoms with Crippen molar-refractivity contribution in [2.75, 3.05) is 25.1 Å². The van der Waals surface area contributed by atoms with Crippen LogP contribution in [-0.4, -0.2) is 34.5 Å². The third-order valence-electron chi connectivity index (χ3n) is 3.78. The summed E-state index contributed by atoms with van der Waals surface area (Å²) in [6.07, 6.45) is 4.74. The van der Waals surface area contributed by atoms with Gasteiger partial charge in [0.05, 0.1) is 15.7 Å². The summed E-state index contributed by atoms with van der Waals surface area (Å²) in [7, 11) is 1.13. The zero-order valence-electron chi connectivity index (χ0n) is 11.3. The molecule has 0 spiro atoms. The zero-order valence-corrected chi connectivity index (χ0v) is 12.8. The second kappa shape index (κ2) is 6.73. The van der Waals surface area contributed by atoms with E-state index in [4.69, 9.17) is 17.3 Å². The van der Waals surface area contributed by atoms with Gasteiger partial charge in [-0.15, -0.1) is 0 Å². The average molecular weight is 301 g/mol. The summed E-state index contributed by atoms with van der Waals surface area (Å²) in [6.45, 7) is 1.15. The molecule has 3 nitrogen and oxygen atoms in total. The summed E-state index contributed by atoms with van der Waals surface area (Å²) < 4.78 is 12.3. The van der Waals surface area contributed by atoms with Gasteiger partial charge in [-0.2, -0.15) is 0 Å². The van der Waals surface area contributed by atoms with Crippen LogP contribution in [-0.2, 0) is 10.8 Å². The minimum Gasteiger partial charge on any atom is -0.398 e. The summed E-state index contributed by atoms with van der Waals surface area (Å²) >= 11 is 5.85. The predicted molar refractivity (Wildman–Crippen MR) is 82.0 cm³/mol. The number of likely N-dealkylation sites (tertiary alicyclic amines) is 1. The van der Waals surface area contributed by atoms with Gasteiger partial charge in [-0.25, -0.2) is 0 Å². The lowest BCUT2D eigenvalue weighted by atomic mass is 10.0. The number of nitrogens with two attached hydrogens (primary N) is 1. The highest BCUT2D eigenvalue weighted by atomic mass is 35.5. The Labute approximate surface area is 122 Å². The lowest BCUT2D eigenvalue weighted by Gasteiger charge is -2.32. The highest BCUT2D eigenvalue weighted by Crippen LogP contribution is 2.23. The monoisotopic (exact) mass is 300 g/mol. The van der Waals surface area contributed by atoms with E-state index in [1.54, 1.807) is 18.2 Å². The third kappa shape index (κ3) is 3.94. The second-order valence-electron chi connectivity index (χ2n) is 5.15. The molecule has 1 heterocycles. The van der Waals surface area contributed by atoms with E-state index in [0.717, 1.165) is 13.0 Å². The molecule has 1 aliphatic rings. The summed E-state index contributed by atoms with van der Waals surface area (Å²) in [5.74, 6) is 0.667. The molecule has 0 aromatic heterocycles. The van der Waals surface area contributed by atoms with E-state index in [-0.39, 0.29) is 0 Å². The summed E-state index contributed by atoms with van der Waals surface area (Å²) in [5, 5.41) is 0.588. The molecule has 1 aromatic rings. The Morgan fingerprint density at radius 1 is 1.47 bits per heavy atom. The van der Waals surface area contributed by atoms with Crippen molar-refractivity contribution in [1.82, 2.24) is 4.90 Å². The second-order valence-corrected chi connectivity index (χ2v) is 7.13. The van der Waals surface area contributed by atoms with Crippen molar-refractivity contribution in [3.05, 3.63) is 23.2 Å². The van der Waals surface area contributed by atoms with Gasteiger partial charge in [0, 0.05) is 22.5 Å². The first-order valence-electron chi connectivity index (χ1n) is 6.71. The highest BCUT2D eigenvalue weighted by Gasteiger charge is 2.20. The Bertz CT molecular complexity index is 467. The topological polar surface area (TPSA) is 46.3 Å². The molecule has 1 aromatic carbocycles. The van der Waals surface area contributed by atoms with Gasteiger partial charge in [-0.05, 0) is 51.1 Å². The van der Waals surface area contributed by atoms with E-state index in [1.807, 2.05) is 0 Å². The van der Waals surface area contributed by atoms with E-state index in [1.165, 1.54) is 19.3 Å². The van der Waals surface area contributed by atoms with Gasteiger partial charge >= 0.3 is 0 Å². The van der Waals surface area contributed by atoms with Gasteiger partial charge in [0.25, 0.3) is 0 Å². The van der Waals surface area contributed by atoms with Crippen LogP contribution in [0.15, 0.2) is 23.1 Å². The SMILES string of the molecule is CN1CCCCC1CCS(=O)c1ccc(Cl)cc1N. The highest BCUT2D eigenvalue weighted by molar-refractivity contribution is 7.85. The van der Waals surface area contributed by atoms with Crippen molar-refractivity contribution in [1.29, 1.82) is 0 Å².